The number of rotatable bonds is 7. The third-order valence-electron chi connectivity index (χ3n) is 4.04. The Morgan fingerprint density at radius 1 is 1.16 bits per heavy atom. The number of esters is 1. The number of benzene rings is 1. The highest BCUT2D eigenvalue weighted by Gasteiger charge is 2.25. The minimum absolute atomic E-state index is 0.179. The molecule has 0 spiro atoms. The molecule has 2 rings (SSSR count). The molecule has 132 valence electrons. The topological polar surface area (TPSA) is 59.8 Å². The first-order valence-corrected chi connectivity index (χ1v) is 8.18. The molecule has 0 aliphatic rings. The first-order valence-electron chi connectivity index (χ1n) is 8.18. The molecule has 0 bridgehead atoms. The van der Waals surface area contributed by atoms with E-state index >= 15 is 0 Å². The van der Waals surface area contributed by atoms with E-state index in [0.717, 1.165) is 5.56 Å². The second-order valence-corrected chi connectivity index (χ2v) is 5.85. The van der Waals surface area contributed by atoms with Crippen LogP contribution in [-0.4, -0.2) is 30.4 Å². The van der Waals surface area contributed by atoms with Crippen LogP contribution in [0.1, 0.15) is 31.2 Å². The van der Waals surface area contributed by atoms with Crippen molar-refractivity contribution < 1.29 is 18.7 Å². The first kappa shape index (κ1) is 18.5. The summed E-state index contributed by atoms with van der Waals surface area (Å²) in [6, 6.07) is 13.1. The fourth-order valence-corrected chi connectivity index (χ4v) is 2.56. The fraction of sp³-hybridized carbons (Fsp3) is 0.300. The van der Waals surface area contributed by atoms with Crippen LogP contribution in [0.4, 0.5) is 0 Å². The predicted octanol–water partition coefficient (Wildman–Crippen LogP) is 3.69. The van der Waals surface area contributed by atoms with Crippen molar-refractivity contribution in [3.05, 3.63) is 66.1 Å². The van der Waals surface area contributed by atoms with Gasteiger partial charge in [0.05, 0.1) is 25.3 Å². The van der Waals surface area contributed by atoms with Gasteiger partial charge in [-0.3, -0.25) is 9.59 Å². The van der Waals surface area contributed by atoms with Crippen molar-refractivity contribution in [2.75, 3.05) is 13.7 Å². The number of carbonyl (C=O) groups is 2. The molecule has 1 heterocycles. The van der Waals surface area contributed by atoms with Gasteiger partial charge in [0.15, 0.2) is 0 Å². The molecule has 25 heavy (non-hydrogen) atoms. The fourth-order valence-electron chi connectivity index (χ4n) is 2.56. The minimum Gasteiger partial charge on any atom is -0.469 e. The highest BCUT2D eigenvalue weighted by atomic mass is 16.5. The number of ether oxygens (including phenoxy) is 1. The van der Waals surface area contributed by atoms with Crippen LogP contribution in [0.5, 0.6) is 0 Å². The average Bonchev–Trinajstić information content (AvgIpc) is 3.17. The zero-order chi connectivity index (χ0) is 18.2. The van der Waals surface area contributed by atoms with Crippen molar-refractivity contribution in [1.82, 2.24) is 4.90 Å². The number of hydrogen-bond donors (Lipinski definition) is 0. The molecule has 1 aromatic carbocycles. The number of carbonyl (C=O) groups excluding carboxylic acids is 2. The van der Waals surface area contributed by atoms with E-state index in [1.807, 2.05) is 37.3 Å². The Labute approximate surface area is 147 Å². The SMILES string of the molecule is COC(=O)C(C)CN(C(=O)/C=C/c1ccco1)C(C)c1ccccc1. The van der Waals surface area contributed by atoms with Gasteiger partial charge in [-0.15, -0.1) is 0 Å². The molecular weight excluding hydrogens is 318 g/mol. The van der Waals surface area contributed by atoms with E-state index < -0.39 is 5.92 Å². The third-order valence-corrected chi connectivity index (χ3v) is 4.04. The molecule has 1 aromatic heterocycles. The van der Waals surface area contributed by atoms with Crippen LogP contribution in [0, 0.1) is 5.92 Å². The number of hydrogen-bond acceptors (Lipinski definition) is 4. The summed E-state index contributed by atoms with van der Waals surface area (Å²) in [5.74, 6) is -0.351. The number of amides is 1. The van der Waals surface area contributed by atoms with Crippen LogP contribution in [0.15, 0.2) is 59.2 Å². The standard InChI is InChI=1S/C20H23NO4/c1-15(20(23)24-3)14-21(16(2)17-8-5-4-6-9-17)19(22)12-11-18-10-7-13-25-18/h4-13,15-16H,14H2,1-3H3/b12-11+. The summed E-state index contributed by atoms with van der Waals surface area (Å²) in [5, 5.41) is 0. The van der Waals surface area contributed by atoms with E-state index in [1.165, 1.54) is 13.2 Å². The van der Waals surface area contributed by atoms with Crippen LogP contribution in [0.2, 0.25) is 0 Å². The number of furan rings is 1. The van der Waals surface area contributed by atoms with Crippen molar-refractivity contribution in [3.63, 3.8) is 0 Å². The van der Waals surface area contributed by atoms with Gasteiger partial charge in [0.1, 0.15) is 5.76 Å². The highest BCUT2D eigenvalue weighted by molar-refractivity contribution is 5.92. The average molecular weight is 341 g/mol. The van der Waals surface area contributed by atoms with Gasteiger partial charge in [-0.05, 0) is 30.7 Å². The number of methoxy groups -OCH3 is 1. The molecule has 0 fully saturated rings. The molecule has 5 nitrogen and oxygen atoms in total. The Bertz CT molecular complexity index is 707. The van der Waals surface area contributed by atoms with Crippen LogP contribution >= 0.6 is 0 Å². The molecule has 0 aliphatic carbocycles. The van der Waals surface area contributed by atoms with E-state index in [4.69, 9.17) is 9.15 Å². The molecule has 2 atom stereocenters. The Hall–Kier alpha value is -2.82. The molecule has 2 unspecified atom stereocenters. The predicted molar refractivity (Wildman–Crippen MR) is 95.5 cm³/mol. The van der Waals surface area contributed by atoms with Gasteiger partial charge in [0.25, 0.3) is 0 Å². The van der Waals surface area contributed by atoms with E-state index in [-0.39, 0.29) is 24.5 Å². The Balaban J connectivity index is 2.21. The van der Waals surface area contributed by atoms with E-state index in [2.05, 4.69) is 0 Å². The minimum atomic E-state index is -0.419. The Morgan fingerprint density at radius 3 is 2.48 bits per heavy atom. The maximum absolute atomic E-state index is 12.7. The van der Waals surface area contributed by atoms with Crippen molar-refractivity contribution in [2.24, 2.45) is 5.92 Å². The summed E-state index contributed by atoms with van der Waals surface area (Å²) in [7, 11) is 1.35. The van der Waals surface area contributed by atoms with Crippen LogP contribution < -0.4 is 0 Å². The molecule has 0 N–H and O–H groups in total. The normalized spacial score (nSPS) is 13.4. The monoisotopic (exact) mass is 341 g/mol. The van der Waals surface area contributed by atoms with Crippen LogP contribution in [-0.2, 0) is 14.3 Å². The van der Waals surface area contributed by atoms with Crippen LogP contribution in [0.25, 0.3) is 6.08 Å². The van der Waals surface area contributed by atoms with Crippen molar-refractivity contribution in [2.45, 2.75) is 19.9 Å². The lowest BCUT2D eigenvalue weighted by Gasteiger charge is -2.30. The quantitative estimate of drug-likeness (QED) is 0.569. The molecule has 0 aliphatic heterocycles. The summed E-state index contributed by atoms with van der Waals surface area (Å²) in [6.45, 7) is 3.96. The molecular formula is C20H23NO4. The smallest absolute Gasteiger partial charge is 0.310 e. The van der Waals surface area contributed by atoms with Gasteiger partial charge in [-0.2, -0.15) is 0 Å². The second kappa shape index (κ2) is 8.87. The lowest BCUT2D eigenvalue weighted by molar-refractivity contribution is -0.146. The highest BCUT2D eigenvalue weighted by Crippen LogP contribution is 2.22. The third kappa shape index (κ3) is 5.08. The van der Waals surface area contributed by atoms with Gasteiger partial charge in [-0.25, -0.2) is 0 Å². The lowest BCUT2D eigenvalue weighted by Crippen LogP contribution is -2.38. The summed E-state index contributed by atoms with van der Waals surface area (Å²) < 4.78 is 10.0. The maximum Gasteiger partial charge on any atom is 0.310 e. The summed E-state index contributed by atoms with van der Waals surface area (Å²) >= 11 is 0. The zero-order valence-corrected chi connectivity index (χ0v) is 14.7. The summed E-state index contributed by atoms with van der Waals surface area (Å²) in [4.78, 5) is 26.2. The zero-order valence-electron chi connectivity index (χ0n) is 14.7. The van der Waals surface area contributed by atoms with Crippen molar-refractivity contribution in [1.29, 1.82) is 0 Å². The van der Waals surface area contributed by atoms with Gasteiger partial charge in [0.2, 0.25) is 5.91 Å². The van der Waals surface area contributed by atoms with Crippen molar-refractivity contribution in [3.8, 4) is 0 Å². The van der Waals surface area contributed by atoms with Crippen molar-refractivity contribution >= 4 is 18.0 Å². The molecule has 2 aromatic rings. The molecule has 0 radical (unpaired) electrons. The molecule has 1 amide bonds. The molecule has 0 saturated heterocycles. The van der Waals surface area contributed by atoms with E-state index in [0.29, 0.717) is 5.76 Å². The van der Waals surface area contributed by atoms with E-state index in [9.17, 15) is 9.59 Å². The molecule has 5 heteroatoms. The lowest BCUT2D eigenvalue weighted by atomic mass is 10.0. The first-order chi connectivity index (χ1) is 12.0. The van der Waals surface area contributed by atoms with Gasteiger partial charge >= 0.3 is 5.97 Å². The maximum atomic E-state index is 12.7. The van der Waals surface area contributed by atoms with Crippen LogP contribution in [0.3, 0.4) is 0 Å². The van der Waals surface area contributed by atoms with Gasteiger partial charge in [0, 0.05) is 12.6 Å². The number of nitrogens with zero attached hydrogens (tertiary/aromatic N) is 1. The molecule has 0 saturated carbocycles. The largest absolute Gasteiger partial charge is 0.469 e. The van der Waals surface area contributed by atoms with E-state index in [1.54, 1.807) is 36.3 Å². The van der Waals surface area contributed by atoms with Gasteiger partial charge < -0.3 is 14.1 Å². The summed E-state index contributed by atoms with van der Waals surface area (Å²) in [5.41, 5.74) is 0.999. The summed E-state index contributed by atoms with van der Waals surface area (Å²) in [6.07, 6.45) is 4.63. The Kier molecular flexibility index (Phi) is 6.57. The second-order valence-electron chi connectivity index (χ2n) is 5.85. The Morgan fingerprint density at radius 2 is 1.88 bits per heavy atom. The van der Waals surface area contributed by atoms with Gasteiger partial charge in [-0.1, -0.05) is 37.3 Å².